The van der Waals surface area contributed by atoms with E-state index in [1.165, 1.54) is 18.9 Å². The molecule has 0 amide bonds. The number of hydrogen-bond acceptors (Lipinski definition) is 2. The molecule has 94 valence electrons. The fourth-order valence-corrected chi connectivity index (χ4v) is 2.23. The molecule has 1 aliphatic carbocycles. The molecule has 0 bridgehead atoms. The van der Waals surface area contributed by atoms with Crippen molar-refractivity contribution >= 4 is 0 Å². The van der Waals surface area contributed by atoms with Crippen molar-refractivity contribution < 1.29 is 9.13 Å². The summed E-state index contributed by atoms with van der Waals surface area (Å²) in [5, 5.41) is 3.14. The molecule has 1 fully saturated rings. The Morgan fingerprint density at radius 3 is 2.71 bits per heavy atom. The molecule has 3 heteroatoms. The first kappa shape index (κ1) is 12.4. The van der Waals surface area contributed by atoms with Gasteiger partial charge in [0.1, 0.15) is 0 Å². The number of nitrogens with one attached hydrogen (secondary N) is 1. The monoisotopic (exact) mass is 237 g/mol. The molecule has 2 rings (SSSR count). The number of benzene rings is 1. The van der Waals surface area contributed by atoms with Gasteiger partial charge in [-0.2, -0.15) is 0 Å². The van der Waals surface area contributed by atoms with Crippen molar-refractivity contribution in [3.63, 3.8) is 0 Å². The predicted octanol–water partition coefficient (Wildman–Crippen LogP) is 3.43. The van der Waals surface area contributed by atoms with E-state index in [-0.39, 0.29) is 18.0 Å². The van der Waals surface area contributed by atoms with E-state index >= 15 is 0 Å². The minimum Gasteiger partial charge on any atom is -0.487 e. The standard InChI is InChI=1S/C14H20FNO/c1-10(16-2)11-7-8-13(15)14(9-11)17-12-5-3-4-6-12/h7-10,12,16H,3-6H2,1-2H3/t10-/m1/s1. The van der Waals surface area contributed by atoms with E-state index < -0.39 is 0 Å². The molecule has 0 heterocycles. The molecule has 17 heavy (non-hydrogen) atoms. The van der Waals surface area contributed by atoms with Crippen LogP contribution in [0.25, 0.3) is 0 Å². The quantitative estimate of drug-likeness (QED) is 0.866. The molecule has 0 aromatic heterocycles. The fourth-order valence-electron chi connectivity index (χ4n) is 2.23. The van der Waals surface area contributed by atoms with E-state index in [2.05, 4.69) is 5.32 Å². The maximum absolute atomic E-state index is 13.6. The lowest BCUT2D eigenvalue weighted by Crippen LogP contribution is -2.15. The summed E-state index contributed by atoms with van der Waals surface area (Å²) in [6.07, 6.45) is 4.68. The van der Waals surface area contributed by atoms with Crippen LogP contribution in [0, 0.1) is 5.82 Å². The first-order chi connectivity index (χ1) is 8.20. The van der Waals surface area contributed by atoms with Crippen LogP contribution < -0.4 is 10.1 Å². The third-order valence-corrected chi connectivity index (χ3v) is 3.48. The van der Waals surface area contributed by atoms with Crippen molar-refractivity contribution in [3.05, 3.63) is 29.6 Å². The van der Waals surface area contributed by atoms with Crippen molar-refractivity contribution in [1.82, 2.24) is 5.32 Å². The maximum Gasteiger partial charge on any atom is 0.165 e. The average molecular weight is 237 g/mol. The first-order valence-corrected chi connectivity index (χ1v) is 6.34. The molecule has 0 spiro atoms. The van der Waals surface area contributed by atoms with Gasteiger partial charge in [0.15, 0.2) is 11.6 Å². The summed E-state index contributed by atoms with van der Waals surface area (Å²) in [5.41, 5.74) is 1.06. The van der Waals surface area contributed by atoms with Crippen molar-refractivity contribution in [2.45, 2.75) is 44.8 Å². The van der Waals surface area contributed by atoms with Crippen LogP contribution in [0.4, 0.5) is 4.39 Å². The SMILES string of the molecule is CN[C@H](C)c1ccc(F)c(OC2CCCC2)c1. The Balaban J connectivity index is 2.13. The number of rotatable bonds is 4. The summed E-state index contributed by atoms with van der Waals surface area (Å²) >= 11 is 0. The molecule has 1 aliphatic rings. The van der Waals surface area contributed by atoms with E-state index in [1.807, 2.05) is 20.0 Å². The van der Waals surface area contributed by atoms with Crippen LogP contribution in [-0.4, -0.2) is 13.2 Å². The lowest BCUT2D eigenvalue weighted by atomic mass is 10.1. The van der Waals surface area contributed by atoms with Gasteiger partial charge in [-0.15, -0.1) is 0 Å². The zero-order valence-electron chi connectivity index (χ0n) is 10.5. The van der Waals surface area contributed by atoms with Crippen LogP contribution in [0.1, 0.15) is 44.2 Å². The minimum absolute atomic E-state index is 0.199. The number of halogens is 1. The van der Waals surface area contributed by atoms with Gasteiger partial charge in [0.25, 0.3) is 0 Å². The van der Waals surface area contributed by atoms with Gasteiger partial charge in [-0.05, 0) is 57.4 Å². The molecule has 1 atom stereocenters. The molecule has 1 aromatic rings. The van der Waals surface area contributed by atoms with Gasteiger partial charge in [0, 0.05) is 6.04 Å². The summed E-state index contributed by atoms with van der Waals surface area (Å²) in [6.45, 7) is 2.05. The molecule has 0 unspecified atom stereocenters. The van der Waals surface area contributed by atoms with Crippen molar-refractivity contribution in [3.8, 4) is 5.75 Å². The highest BCUT2D eigenvalue weighted by Crippen LogP contribution is 2.28. The minimum atomic E-state index is -0.260. The Bertz CT molecular complexity index is 374. The Morgan fingerprint density at radius 2 is 2.06 bits per heavy atom. The van der Waals surface area contributed by atoms with Crippen LogP contribution in [0.3, 0.4) is 0 Å². The second-order valence-corrected chi connectivity index (χ2v) is 4.72. The van der Waals surface area contributed by atoms with Gasteiger partial charge >= 0.3 is 0 Å². The number of hydrogen-bond donors (Lipinski definition) is 1. The van der Waals surface area contributed by atoms with Gasteiger partial charge in [0.05, 0.1) is 6.10 Å². The smallest absolute Gasteiger partial charge is 0.165 e. The van der Waals surface area contributed by atoms with Gasteiger partial charge in [-0.3, -0.25) is 0 Å². The number of ether oxygens (including phenoxy) is 1. The van der Waals surface area contributed by atoms with Crippen LogP contribution in [-0.2, 0) is 0 Å². The molecule has 0 aliphatic heterocycles. The van der Waals surface area contributed by atoms with E-state index in [1.54, 1.807) is 6.07 Å². The molecule has 0 saturated heterocycles. The summed E-state index contributed by atoms with van der Waals surface area (Å²) in [6, 6.07) is 5.32. The zero-order valence-corrected chi connectivity index (χ0v) is 10.5. The first-order valence-electron chi connectivity index (χ1n) is 6.34. The van der Waals surface area contributed by atoms with E-state index in [9.17, 15) is 4.39 Å². The van der Waals surface area contributed by atoms with Gasteiger partial charge < -0.3 is 10.1 Å². The molecule has 0 radical (unpaired) electrons. The summed E-state index contributed by atoms with van der Waals surface area (Å²) in [4.78, 5) is 0. The van der Waals surface area contributed by atoms with Crippen LogP contribution >= 0.6 is 0 Å². The zero-order chi connectivity index (χ0) is 12.3. The highest BCUT2D eigenvalue weighted by Gasteiger charge is 2.18. The van der Waals surface area contributed by atoms with Crippen LogP contribution in [0.2, 0.25) is 0 Å². The Labute approximate surface area is 102 Å². The molecular formula is C14H20FNO. The second-order valence-electron chi connectivity index (χ2n) is 4.72. The van der Waals surface area contributed by atoms with Gasteiger partial charge in [-0.1, -0.05) is 6.07 Å². The van der Waals surface area contributed by atoms with Gasteiger partial charge in [-0.25, -0.2) is 4.39 Å². The third-order valence-electron chi connectivity index (χ3n) is 3.48. The molecule has 1 aromatic carbocycles. The van der Waals surface area contributed by atoms with Crippen LogP contribution in [0.15, 0.2) is 18.2 Å². The van der Waals surface area contributed by atoms with E-state index in [0.717, 1.165) is 18.4 Å². The van der Waals surface area contributed by atoms with E-state index in [0.29, 0.717) is 5.75 Å². The second kappa shape index (κ2) is 5.50. The fraction of sp³-hybridized carbons (Fsp3) is 0.571. The normalized spacial score (nSPS) is 18.3. The maximum atomic E-state index is 13.6. The van der Waals surface area contributed by atoms with Crippen LogP contribution in [0.5, 0.6) is 5.75 Å². The highest BCUT2D eigenvalue weighted by atomic mass is 19.1. The summed E-state index contributed by atoms with van der Waals surface area (Å²) < 4.78 is 19.4. The Morgan fingerprint density at radius 1 is 1.35 bits per heavy atom. The van der Waals surface area contributed by atoms with Gasteiger partial charge in [0.2, 0.25) is 0 Å². The van der Waals surface area contributed by atoms with Crippen molar-refractivity contribution in [2.24, 2.45) is 0 Å². The lowest BCUT2D eigenvalue weighted by molar-refractivity contribution is 0.200. The molecular weight excluding hydrogens is 217 g/mol. The highest BCUT2D eigenvalue weighted by molar-refractivity contribution is 5.32. The Kier molecular flexibility index (Phi) is 4.00. The molecule has 2 nitrogen and oxygen atoms in total. The lowest BCUT2D eigenvalue weighted by Gasteiger charge is -2.16. The summed E-state index contributed by atoms with van der Waals surface area (Å²) in [5.74, 6) is 0.139. The topological polar surface area (TPSA) is 21.3 Å². The van der Waals surface area contributed by atoms with E-state index in [4.69, 9.17) is 4.74 Å². The summed E-state index contributed by atoms with van der Waals surface area (Å²) in [7, 11) is 1.89. The van der Waals surface area contributed by atoms with Crippen molar-refractivity contribution in [2.75, 3.05) is 7.05 Å². The van der Waals surface area contributed by atoms with Crippen molar-refractivity contribution in [1.29, 1.82) is 0 Å². The largest absolute Gasteiger partial charge is 0.487 e. The average Bonchev–Trinajstić information content (AvgIpc) is 2.84. The molecule has 1 saturated carbocycles. The molecule has 1 N–H and O–H groups in total. The Hall–Kier alpha value is -1.09. The predicted molar refractivity (Wildman–Crippen MR) is 66.8 cm³/mol. The third kappa shape index (κ3) is 2.97.